The molecule has 0 aliphatic rings. The molecule has 0 fully saturated rings. The van der Waals surface area contributed by atoms with Crippen LogP contribution in [0, 0.1) is 6.92 Å². The fraction of sp³-hybridized carbons (Fsp3) is 0.417. The van der Waals surface area contributed by atoms with Crippen LogP contribution in [0.5, 0.6) is 0 Å². The summed E-state index contributed by atoms with van der Waals surface area (Å²) >= 11 is 3.10. The second kappa shape index (κ2) is 6.26. The quantitative estimate of drug-likeness (QED) is 0.853. The summed E-state index contributed by atoms with van der Waals surface area (Å²) in [4.78, 5) is 8.55. The van der Waals surface area contributed by atoms with Crippen LogP contribution in [0.2, 0.25) is 0 Å². The first-order chi connectivity index (χ1) is 8.70. The summed E-state index contributed by atoms with van der Waals surface area (Å²) in [6.45, 7) is 4.00. The Labute approximate surface area is 115 Å². The smallest absolute Gasteiger partial charge is 0.170 e. The Kier molecular flexibility index (Phi) is 4.68. The van der Waals surface area contributed by atoms with Gasteiger partial charge in [0.1, 0.15) is 5.82 Å². The molecule has 0 amide bonds. The Balaban J connectivity index is 2.21. The number of aromatic nitrogens is 3. The van der Waals surface area contributed by atoms with Crippen molar-refractivity contribution in [1.29, 1.82) is 0 Å². The lowest BCUT2D eigenvalue weighted by atomic mass is 10.1. The average Bonchev–Trinajstić information content (AvgIpc) is 2.82. The minimum Gasteiger partial charge on any atom is -0.326 e. The van der Waals surface area contributed by atoms with E-state index >= 15 is 0 Å². The minimum absolute atomic E-state index is 0.0865. The highest BCUT2D eigenvalue weighted by Crippen LogP contribution is 2.38. The lowest BCUT2D eigenvalue weighted by Gasteiger charge is -2.21. The van der Waals surface area contributed by atoms with Gasteiger partial charge in [-0.1, -0.05) is 24.8 Å². The van der Waals surface area contributed by atoms with Crippen molar-refractivity contribution in [3.8, 4) is 0 Å². The molecule has 4 nitrogen and oxygen atoms in total. The molecule has 6 heteroatoms. The van der Waals surface area contributed by atoms with Gasteiger partial charge in [-0.25, -0.2) is 4.98 Å². The average molecular weight is 280 g/mol. The van der Waals surface area contributed by atoms with Crippen LogP contribution in [0.3, 0.4) is 0 Å². The predicted molar refractivity (Wildman–Crippen MR) is 75.7 cm³/mol. The first kappa shape index (κ1) is 13.5. The fourth-order valence-corrected chi connectivity index (χ4v) is 3.66. The van der Waals surface area contributed by atoms with Gasteiger partial charge < -0.3 is 5.73 Å². The van der Waals surface area contributed by atoms with Gasteiger partial charge in [0.05, 0.1) is 5.25 Å². The molecule has 2 rings (SSSR count). The molecule has 0 aliphatic carbocycles. The van der Waals surface area contributed by atoms with Gasteiger partial charge in [0.25, 0.3) is 0 Å². The third-order valence-electron chi connectivity index (χ3n) is 2.61. The number of hydrogen-bond donors (Lipinski definition) is 1. The maximum Gasteiger partial charge on any atom is 0.170 e. The number of nitrogens with two attached hydrogens (primary N) is 1. The third kappa shape index (κ3) is 3.28. The number of thioether (sulfide) groups is 1. The van der Waals surface area contributed by atoms with Gasteiger partial charge in [0.2, 0.25) is 0 Å². The van der Waals surface area contributed by atoms with Crippen LogP contribution >= 0.6 is 23.3 Å². The number of rotatable bonds is 5. The van der Waals surface area contributed by atoms with E-state index in [1.165, 1.54) is 11.5 Å². The van der Waals surface area contributed by atoms with E-state index in [4.69, 9.17) is 5.73 Å². The largest absolute Gasteiger partial charge is 0.326 e. The van der Waals surface area contributed by atoms with Crippen LogP contribution in [-0.2, 0) is 0 Å². The molecule has 2 heterocycles. The van der Waals surface area contributed by atoms with Crippen molar-refractivity contribution in [3.63, 3.8) is 0 Å². The summed E-state index contributed by atoms with van der Waals surface area (Å²) < 4.78 is 5.16. The van der Waals surface area contributed by atoms with Gasteiger partial charge >= 0.3 is 0 Å². The van der Waals surface area contributed by atoms with E-state index in [0.29, 0.717) is 0 Å². The predicted octanol–water partition coefficient (Wildman–Crippen LogP) is 2.81. The van der Waals surface area contributed by atoms with Gasteiger partial charge in [-0.3, -0.25) is 4.98 Å². The van der Waals surface area contributed by atoms with E-state index in [0.717, 1.165) is 22.1 Å². The normalized spacial score (nSPS) is 14.4. The van der Waals surface area contributed by atoms with Crippen LogP contribution in [0.25, 0.3) is 0 Å². The maximum atomic E-state index is 6.21. The molecule has 0 spiro atoms. The Morgan fingerprint density at radius 2 is 2.33 bits per heavy atom. The van der Waals surface area contributed by atoms with E-state index in [2.05, 4.69) is 27.3 Å². The summed E-state index contributed by atoms with van der Waals surface area (Å²) in [5.41, 5.74) is 7.35. The Hall–Kier alpha value is -0.980. The topological polar surface area (TPSA) is 64.7 Å². The highest BCUT2D eigenvalue weighted by Gasteiger charge is 2.21. The van der Waals surface area contributed by atoms with E-state index in [-0.39, 0.29) is 11.3 Å². The summed E-state index contributed by atoms with van der Waals surface area (Å²) in [6, 6.07) is 4.09. The molecule has 0 radical (unpaired) electrons. The first-order valence-corrected chi connectivity index (χ1v) is 7.48. The zero-order chi connectivity index (χ0) is 13.0. The molecule has 0 saturated heterocycles. The van der Waals surface area contributed by atoms with Gasteiger partial charge in [-0.05, 0) is 36.5 Å². The molecule has 0 bridgehead atoms. The van der Waals surface area contributed by atoms with Crippen LogP contribution < -0.4 is 5.73 Å². The monoisotopic (exact) mass is 280 g/mol. The summed E-state index contributed by atoms with van der Waals surface area (Å²) in [5.74, 6) is 0.817. The minimum atomic E-state index is 0.0865. The van der Waals surface area contributed by atoms with Gasteiger partial charge in [-0.2, -0.15) is 4.37 Å². The van der Waals surface area contributed by atoms with Crippen LogP contribution in [0.15, 0.2) is 28.9 Å². The zero-order valence-electron chi connectivity index (χ0n) is 10.4. The number of pyridine rings is 1. The molecule has 2 atom stereocenters. The molecule has 96 valence electrons. The van der Waals surface area contributed by atoms with E-state index in [9.17, 15) is 0 Å². The molecular weight excluding hydrogens is 264 g/mol. The van der Waals surface area contributed by atoms with Crippen molar-refractivity contribution in [3.05, 3.63) is 35.9 Å². The molecule has 2 N–H and O–H groups in total. The highest BCUT2D eigenvalue weighted by molar-refractivity contribution is 8.01. The lowest BCUT2D eigenvalue weighted by molar-refractivity contribution is 0.632. The van der Waals surface area contributed by atoms with Crippen molar-refractivity contribution in [2.75, 3.05) is 0 Å². The van der Waals surface area contributed by atoms with E-state index < -0.39 is 0 Å². The standard InChI is InChI=1S/C12H16N4S2/c1-3-10(13)11(9-5-4-6-14-7-9)17-12-15-8(2)16-18-12/h4-7,10-11H,3,13H2,1-2H3. The van der Waals surface area contributed by atoms with Crippen molar-refractivity contribution in [1.82, 2.24) is 14.3 Å². The second-order valence-electron chi connectivity index (χ2n) is 4.00. The van der Waals surface area contributed by atoms with E-state index in [1.54, 1.807) is 18.0 Å². The molecular formula is C12H16N4S2. The Morgan fingerprint density at radius 1 is 1.50 bits per heavy atom. The molecule has 2 aromatic rings. The maximum absolute atomic E-state index is 6.21. The molecule has 0 saturated carbocycles. The van der Waals surface area contributed by atoms with Gasteiger partial charge in [0.15, 0.2) is 4.34 Å². The number of hydrogen-bond acceptors (Lipinski definition) is 6. The van der Waals surface area contributed by atoms with Crippen LogP contribution in [0.1, 0.15) is 30.0 Å². The Bertz CT molecular complexity index is 486. The van der Waals surface area contributed by atoms with Crippen LogP contribution in [-0.4, -0.2) is 20.4 Å². The zero-order valence-corrected chi connectivity index (χ0v) is 12.0. The Morgan fingerprint density at radius 3 is 2.89 bits per heavy atom. The fourth-order valence-electron chi connectivity index (χ4n) is 1.60. The number of aryl methyl sites for hydroxylation is 1. The summed E-state index contributed by atoms with van der Waals surface area (Å²) in [5, 5.41) is 0.177. The van der Waals surface area contributed by atoms with Gasteiger partial charge in [0, 0.05) is 18.4 Å². The van der Waals surface area contributed by atoms with E-state index in [1.807, 2.05) is 19.2 Å². The van der Waals surface area contributed by atoms with Crippen molar-refractivity contribution >= 4 is 23.3 Å². The highest BCUT2D eigenvalue weighted by atomic mass is 32.2. The van der Waals surface area contributed by atoms with Crippen molar-refractivity contribution < 1.29 is 0 Å². The van der Waals surface area contributed by atoms with Gasteiger partial charge in [-0.15, -0.1) is 0 Å². The lowest BCUT2D eigenvalue weighted by Crippen LogP contribution is -2.25. The van der Waals surface area contributed by atoms with Crippen LogP contribution in [0.4, 0.5) is 0 Å². The third-order valence-corrected chi connectivity index (χ3v) is 4.89. The second-order valence-corrected chi connectivity index (χ2v) is 6.14. The molecule has 18 heavy (non-hydrogen) atoms. The summed E-state index contributed by atoms with van der Waals surface area (Å²) in [6.07, 6.45) is 4.57. The molecule has 0 aliphatic heterocycles. The molecule has 2 unspecified atom stereocenters. The molecule has 2 aromatic heterocycles. The number of nitrogens with zero attached hydrogens (tertiary/aromatic N) is 3. The molecule has 0 aromatic carbocycles. The summed E-state index contributed by atoms with van der Waals surface area (Å²) in [7, 11) is 0. The first-order valence-electron chi connectivity index (χ1n) is 5.83. The van der Waals surface area contributed by atoms with Crippen molar-refractivity contribution in [2.45, 2.75) is 35.9 Å². The van der Waals surface area contributed by atoms with Crippen molar-refractivity contribution in [2.24, 2.45) is 5.73 Å². The SMILES string of the molecule is CCC(N)C(Sc1nc(C)ns1)c1cccnc1.